The van der Waals surface area contributed by atoms with E-state index in [0.717, 1.165) is 34.8 Å². The number of nitrogens with one attached hydrogen (secondary N) is 2. The summed E-state index contributed by atoms with van der Waals surface area (Å²) in [7, 11) is -7.73. The van der Waals surface area contributed by atoms with E-state index in [1.165, 1.54) is 18.2 Å². The third kappa shape index (κ3) is 6.58. The molecule has 0 bridgehead atoms. The minimum absolute atomic E-state index is 0.119. The van der Waals surface area contributed by atoms with Crippen LogP contribution < -0.4 is 19.1 Å². The Kier molecular flexibility index (Phi) is 7.10. The first-order valence-electron chi connectivity index (χ1n) is 10.2. The van der Waals surface area contributed by atoms with Crippen LogP contribution in [0.3, 0.4) is 0 Å². The molecule has 10 nitrogen and oxygen atoms in total. The predicted molar refractivity (Wildman–Crippen MR) is 124 cm³/mol. The topological polar surface area (TPSA) is 131 Å². The number of anilines is 2. The van der Waals surface area contributed by atoms with Crippen molar-refractivity contribution in [3.8, 4) is 5.75 Å². The highest BCUT2D eigenvalue weighted by atomic mass is 32.2. The molecule has 3 rings (SSSR count). The number of fused-ring (bicyclic) bond motifs is 1. The van der Waals surface area contributed by atoms with E-state index in [1.807, 2.05) is 0 Å². The van der Waals surface area contributed by atoms with Crippen LogP contribution in [0, 0.1) is 5.82 Å². The van der Waals surface area contributed by atoms with E-state index in [2.05, 4.69) is 10.0 Å². The zero-order valence-electron chi connectivity index (χ0n) is 19.0. The van der Waals surface area contributed by atoms with Gasteiger partial charge >= 0.3 is 6.09 Å². The second-order valence-electron chi connectivity index (χ2n) is 8.66. The van der Waals surface area contributed by atoms with Gasteiger partial charge in [0.05, 0.1) is 23.4 Å². The lowest BCUT2D eigenvalue weighted by Gasteiger charge is -2.35. The van der Waals surface area contributed by atoms with Gasteiger partial charge in [0, 0.05) is 12.2 Å². The minimum Gasteiger partial charge on any atom is -0.485 e. The van der Waals surface area contributed by atoms with E-state index in [-0.39, 0.29) is 35.1 Å². The van der Waals surface area contributed by atoms with Gasteiger partial charge in [0.15, 0.2) is 0 Å². The molecule has 0 saturated heterocycles. The van der Waals surface area contributed by atoms with Crippen molar-refractivity contribution in [1.82, 2.24) is 4.72 Å². The summed E-state index contributed by atoms with van der Waals surface area (Å²) >= 11 is 0. The molecule has 2 N–H and O–H groups in total. The fraction of sp³-hybridized carbons (Fsp3) is 0.381. The molecule has 34 heavy (non-hydrogen) atoms. The number of hydrogen-bond donors (Lipinski definition) is 2. The number of amides is 1. The van der Waals surface area contributed by atoms with E-state index in [9.17, 15) is 26.0 Å². The van der Waals surface area contributed by atoms with Crippen LogP contribution in [-0.4, -0.2) is 54.0 Å². The highest BCUT2D eigenvalue weighted by Crippen LogP contribution is 2.39. The van der Waals surface area contributed by atoms with Gasteiger partial charge in [-0.15, -0.1) is 0 Å². The summed E-state index contributed by atoms with van der Waals surface area (Å²) in [5.74, 6) is -0.438. The monoisotopic (exact) mass is 515 g/mol. The van der Waals surface area contributed by atoms with Crippen LogP contribution in [0.2, 0.25) is 0 Å². The van der Waals surface area contributed by atoms with Crippen molar-refractivity contribution in [3.63, 3.8) is 0 Å². The number of benzene rings is 2. The Hall–Kier alpha value is -2.90. The second kappa shape index (κ2) is 9.39. The molecule has 13 heteroatoms. The SMILES string of the molecule is CC(C)(C)OC(=O)Nc1ccc2c(c1)N(S(=O)(=O)c1ccc(F)cc1)CC(CNS(C)(=O)=O)O2. The maximum Gasteiger partial charge on any atom is 0.412 e. The van der Waals surface area contributed by atoms with E-state index < -0.39 is 43.7 Å². The fourth-order valence-corrected chi connectivity index (χ4v) is 5.11. The summed E-state index contributed by atoms with van der Waals surface area (Å²) in [6, 6.07) is 8.67. The summed E-state index contributed by atoms with van der Waals surface area (Å²) in [5.41, 5.74) is -0.365. The molecule has 0 aliphatic carbocycles. The van der Waals surface area contributed by atoms with Crippen molar-refractivity contribution in [2.75, 3.05) is 29.0 Å². The molecule has 0 saturated carbocycles. The van der Waals surface area contributed by atoms with Crippen molar-refractivity contribution in [3.05, 3.63) is 48.3 Å². The Morgan fingerprint density at radius 2 is 1.79 bits per heavy atom. The van der Waals surface area contributed by atoms with Crippen molar-refractivity contribution < 1.29 is 35.5 Å². The molecule has 1 aliphatic heterocycles. The van der Waals surface area contributed by atoms with Crippen LogP contribution in [-0.2, 0) is 24.8 Å². The number of carbonyl (C=O) groups excluding carboxylic acids is 1. The number of nitrogens with zero attached hydrogens (tertiary/aromatic N) is 1. The first kappa shape index (κ1) is 25.7. The Labute approximate surface area is 198 Å². The molecule has 0 spiro atoms. The van der Waals surface area contributed by atoms with Gasteiger partial charge in [-0.05, 0) is 63.2 Å². The molecule has 0 radical (unpaired) electrons. The van der Waals surface area contributed by atoms with Crippen molar-refractivity contribution in [2.24, 2.45) is 0 Å². The number of sulfonamides is 2. The van der Waals surface area contributed by atoms with E-state index >= 15 is 0 Å². The van der Waals surface area contributed by atoms with Gasteiger partial charge < -0.3 is 9.47 Å². The van der Waals surface area contributed by atoms with Gasteiger partial charge in [-0.1, -0.05) is 0 Å². The van der Waals surface area contributed by atoms with Gasteiger partial charge in [-0.25, -0.2) is 30.7 Å². The standard InChI is InChI=1S/C21H26FN3O7S2/c1-21(2,3)32-20(26)24-15-7-10-19-18(11-15)25(13-16(31-19)12-23-33(4,27)28)34(29,30)17-8-5-14(22)6-9-17/h5-11,16,23H,12-13H2,1-4H3,(H,24,26). The summed E-state index contributed by atoms with van der Waals surface area (Å²) < 4.78 is 77.6. The Balaban J connectivity index is 1.98. The average molecular weight is 516 g/mol. The normalized spacial score (nSPS) is 16.4. The van der Waals surface area contributed by atoms with Crippen molar-refractivity contribution >= 4 is 37.5 Å². The molecular weight excluding hydrogens is 489 g/mol. The van der Waals surface area contributed by atoms with Gasteiger partial charge in [0.2, 0.25) is 10.0 Å². The molecule has 2 aromatic rings. The molecule has 1 atom stereocenters. The Morgan fingerprint density at radius 3 is 2.38 bits per heavy atom. The van der Waals surface area contributed by atoms with Gasteiger partial charge in [0.25, 0.3) is 10.0 Å². The zero-order chi connectivity index (χ0) is 25.3. The number of carbonyl (C=O) groups is 1. The van der Waals surface area contributed by atoms with Crippen LogP contribution in [0.15, 0.2) is 47.4 Å². The van der Waals surface area contributed by atoms with Crippen LogP contribution in [0.4, 0.5) is 20.6 Å². The lowest BCUT2D eigenvalue weighted by atomic mass is 10.2. The third-order valence-electron chi connectivity index (χ3n) is 4.51. The highest BCUT2D eigenvalue weighted by molar-refractivity contribution is 7.92. The highest BCUT2D eigenvalue weighted by Gasteiger charge is 2.35. The predicted octanol–water partition coefficient (Wildman–Crippen LogP) is 2.68. The number of hydrogen-bond acceptors (Lipinski definition) is 7. The maximum absolute atomic E-state index is 13.4. The molecule has 1 amide bonds. The first-order chi connectivity index (χ1) is 15.6. The van der Waals surface area contributed by atoms with Crippen LogP contribution in [0.5, 0.6) is 5.75 Å². The molecular formula is C21H26FN3O7S2. The molecule has 0 aromatic heterocycles. The number of rotatable bonds is 6. The van der Waals surface area contributed by atoms with Crippen LogP contribution >= 0.6 is 0 Å². The van der Waals surface area contributed by atoms with Crippen LogP contribution in [0.1, 0.15) is 20.8 Å². The molecule has 1 heterocycles. The Morgan fingerprint density at radius 1 is 1.15 bits per heavy atom. The van der Waals surface area contributed by atoms with E-state index in [1.54, 1.807) is 20.8 Å². The number of halogens is 1. The Bertz CT molecular complexity index is 1270. The summed E-state index contributed by atoms with van der Waals surface area (Å²) in [4.78, 5) is 12.0. The lowest BCUT2D eigenvalue weighted by molar-refractivity contribution is 0.0636. The van der Waals surface area contributed by atoms with Crippen molar-refractivity contribution in [1.29, 1.82) is 0 Å². The van der Waals surface area contributed by atoms with Gasteiger partial charge in [0.1, 0.15) is 23.3 Å². The average Bonchev–Trinajstić information content (AvgIpc) is 2.70. The molecule has 2 aromatic carbocycles. The third-order valence-corrected chi connectivity index (χ3v) is 7.00. The van der Waals surface area contributed by atoms with Gasteiger partial charge in [-0.2, -0.15) is 0 Å². The number of ether oxygens (including phenoxy) is 2. The van der Waals surface area contributed by atoms with Crippen LogP contribution in [0.25, 0.3) is 0 Å². The summed E-state index contributed by atoms with van der Waals surface area (Å²) in [5, 5.41) is 2.54. The lowest BCUT2D eigenvalue weighted by Crippen LogP contribution is -2.48. The van der Waals surface area contributed by atoms with Gasteiger partial charge in [-0.3, -0.25) is 9.62 Å². The first-order valence-corrected chi connectivity index (χ1v) is 13.5. The smallest absolute Gasteiger partial charge is 0.412 e. The molecule has 186 valence electrons. The largest absolute Gasteiger partial charge is 0.485 e. The minimum atomic E-state index is -4.19. The van der Waals surface area contributed by atoms with E-state index in [4.69, 9.17) is 9.47 Å². The second-order valence-corrected chi connectivity index (χ2v) is 12.4. The molecule has 1 aliphatic rings. The van der Waals surface area contributed by atoms with Crippen molar-refractivity contribution in [2.45, 2.75) is 37.4 Å². The maximum atomic E-state index is 13.4. The summed E-state index contributed by atoms with van der Waals surface area (Å²) in [6.45, 7) is 4.70. The molecule has 1 unspecified atom stereocenters. The summed E-state index contributed by atoms with van der Waals surface area (Å²) in [6.07, 6.45) is -0.597. The zero-order valence-corrected chi connectivity index (χ0v) is 20.7. The fourth-order valence-electron chi connectivity index (χ4n) is 3.12. The quantitative estimate of drug-likeness (QED) is 0.605. The van der Waals surface area contributed by atoms with E-state index in [0.29, 0.717) is 0 Å². The molecule has 0 fully saturated rings.